The third kappa shape index (κ3) is 4.96. The van der Waals surface area contributed by atoms with E-state index in [1.54, 1.807) is 43.3 Å². The highest BCUT2D eigenvalue weighted by Crippen LogP contribution is 2.68. The lowest BCUT2D eigenvalue weighted by molar-refractivity contribution is -0.143. The summed E-state index contributed by atoms with van der Waals surface area (Å²) in [4.78, 5) is 48.4. The van der Waals surface area contributed by atoms with Crippen LogP contribution in [-0.2, 0) is 21.1 Å². The summed E-state index contributed by atoms with van der Waals surface area (Å²) >= 11 is 5.44. The summed E-state index contributed by atoms with van der Waals surface area (Å²) in [7, 11) is 0. The number of alkyl halides is 1. The molecule has 2 bridgehead atoms. The van der Waals surface area contributed by atoms with Gasteiger partial charge in [0.05, 0.1) is 22.1 Å². The van der Waals surface area contributed by atoms with Crippen molar-refractivity contribution in [1.29, 1.82) is 0 Å². The van der Waals surface area contributed by atoms with E-state index in [1.807, 2.05) is 54.6 Å². The number of aliphatic hydroxyl groups excluding tert-OH is 1. The van der Waals surface area contributed by atoms with E-state index in [-0.39, 0.29) is 54.2 Å². The van der Waals surface area contributed by atoms with Crippen molar-refractivity contribution in [3.8, 4) is 0 Å². The van der Waals surface area contributed by atoms with Gasteiger partial charge in [0.1, 0.15) is 18.2 Å². The Morgan fingerprint density at radius 1 is 1.09 bits per heavy atom. The van der Waals surface area contributed by atoms with Crippen LogP contribution in [0.4, 0.5) is 5.69 Å². The molecule has 3 fully saturated rings. The van der Waals surface area contributed by atoms with Crippen LogP contribution in [0.15, 0.2) is 79.9 Å². The molecule has 3 aliphatic heterocycles. The van der Waals surface area contributed by atoms with Gasteiger partial charge in [0.15, 0.2) is 0 Å². The number of hydrogen-bond donors (Lipinski definition) is 1. The fourth-order valence-electron chi connectivity index (χ4n) is 7.14. The molecule has 1 aromatic heterocycles. The fraction of sp³-hybridized carbons (Fsp3) is 0.406. The van der Waals surface area contributed by atoms with Gasteiger partial charge < -0.3 is 19.8 Å². The van der Waals surface area contributed by atoms with Crippen LogP contribution in [0.5, 0.6) is 0 Å². The number of aliphatic hydroxyl groups is 1. The molecule has 6 rings (SSSR count). The summed E-state index contributed by atoms with van der Waals surface area (Å²) in [6.07, 6.45) is 4.23. The number of thioether (sulfide) groups is 1. The summed E-state index contributed by atoms with van der Waals surface area (Å²) in [5, 5.41) is 18.1. The molecule has 1 spiro atoms. The van der Waals surface area contributed by atoms with Crippen molar-refractivity contribution >= 4 is 62.1 Å². The molecule has 3 aliphatic rings. The number of nitrogens with zero attached hydrogens (tertiary/aromatic N) is 6. The molecule has 3 amide bonds. The zero-order valence-electron chi connectivity index (χ0n) is 24.2. The number of carbonyl (C=O) groups is 3. The number of anilines is 1. The number of rotatable bonds is 12. The van der Waals surface area contributed by atoms with Crippen LogP contribution in [0, 0.1) is 11.8 Å². The Bertz CT molecular complexity index is 1580. The van der Waals surface area contributed by atoms with Crippen LogP contribution in [-0.4, -0.2) is 94.7 Å². The Hall–Kier alpha value is -3.48. The SMILES string of the molecule is C=CCN(Cn1nnc2ccccc21)C(=O)C1N(CCCO)C(=O)[C@@H]2[C@@H](C(=O)N(CC=C)c3ccccc3)[C@@H]3SC12CC3Br. The van der Waals surface area contributed by atoms with Crippen LogP contribution in [0.3, 0.4) is 0 Å². The minimum atomic E-state index is -0.821. The van der Waals surface area contributed by atoms with Crippen molar-refractivity contribution in [1.82, 2.24) is 24.8 Å². The number of fused-ring (bicyclic) bond motifs is 2. The Kier molecular flexibility index (Phi) is 8.67. The second-order valence-electron chi connectivity index (χ2n) is 11.4. The first-order valence-electron chi connectivity index (χ1n) is 14.7. The van der Waals surface area contributed by atoms with E-state index in [1.165, 1.54) is 0 Å². The highest BCUT2D eigenvalue weighted by molar-refractivity contribution is 9.09. The van der Waals surface area contributed by atoms with Crippen molar-refractivity contribution in [2.24, 2.45) is 11.8 Å². The van der Waals surface area contributed by atoms with Gasteiger partial charge >= 0.3 is 0 Å². The number of carbonyl (C=O) groups excluding carboxylic acids is 3. The normalized spacial score (nSPS) is 27.0. The van der Waals surface area contributed by atoms with Crippen molar-refractivity contribution in [2.75, 3.05) is 31.1 Å². The highest BCUT2D eigenvalue weighted by Gasteiger charge is 2.76. The molecule has 2 aromatic carbocycles. The molecular weight excluding hydrogens is 644 g/mol. The highest BCUT2D eigenvalue weighted by atomic mass is 79.9. The number of aromatic nitrogens is 3. The number of amides is 3. The fourth-order valence-corrected chi connectivity index (χ4v) is 10.7. The van der Waals surface area contributed by atoms with Gasteiger partial charge in [-0.25, -0.2) is 4.68 Å². The van der Waals surface area contributed by atoms with E-state index in [0.29, 0.717) is 24.9 Å². The first-order valence-corrected chi connectivity index (χ1v) is 16.5. The maximum atomic E-state index is 14.7. The molecule has 10 nitrogen and oxygen atoms in total. The molecule has 44 heavy (non-hydrogen) atoms. The third-order valence-corrected chi connectivity index (χ3v) is 12.1. The minimum Gasteiger partial charge on any atom is -0.396 e. The molecule has 0 aliphatic carbocycles. The largest absolute Gasteiger partial charge is 0.396 e. The van der Waals surface area contributed by atoms with Gasteiger partial charge in [-0.05, 0) is 37.1 Å². The van der Waals surface area contributed by atoms with Crippen molar-refractivity contribution in [3.63, 3.8) is 0 Å². The Morgan fingerprint density at radius 2 is 1.82 bits per heavy atom. The summed E-state index contributed by atoms with van der Waals surface area (Å²) in [5.41, 5.74) is 2.24. The molecular formula is C32H35BrN6O4S. The molecule has 6 atom stereocenters. The number of hydrogen-bond acceptors (Lipinski definition) is 7. The van der Waals surface area contributed by atoms with Crippen LogP contribution >= 0.6 is 27.7 Å². The van der Waals surface area contributed by atoms with E-state index in [0.717, 1.165) is 11.2 Å². The Balaban J connectivity index is 1.38. The smallest absolute Gasteiger partial charge is 0.248 e. The topological polar surface area (TPSA) is 112 Å². The Labute approximate surface area is 268 Å². The average molecular weight is 680 g/mol. The van der Waals surface area contributed by atoms with Crippen molar-refractivity contribution in [2.45, 2.75) is 40.4 Å². The molecule has 3 aromatic rings. The molecule has 4 heterocycles. The van der Waals surface area contributed by atoms with Crippen LogP contribution in [0.2, 0.25) is 0 Å². The Morgan fingerprint density at radius 3 is 2.55 bits per heavy atom. The number of para-hydroxylation sites is 2. The van der Waals surface area contributed by atoms with Crippen molar-refractivity contribution in [3.05, 3.63) is 79.9 Å². The monoisotopic (exact) mass is 678 g/mol. The molecule has 0 radical (unpaired) electrons. The second kappa shape index (κ2) is 12.5. The quantitative estimate of drug-likeness (QED) is 0.231. The minimum absolute atomic E-state index is 0.0629. The van der Waals surface area contributed by atoms with Gasteiger partial charge in [-0.1, -0.05) is 63.6 Å². The first kappa shape index (κ1) is 30.5. The zero-order valence-corrected chi connectivity index (χ0v) is 26.6. The average Bonchev–Trinajstić information content (AvgIpc) is 3.75. The van der Waals surface area contributed by atoms with Gasteiger partial charge in [0.2, 0.25) is 17.7 Å². The lowest BCUT2D eigenvalue weighted by atomic mass is 9.70. The maximum Gasteiger partial charge on any atom is 0.248 e. The van der Waals surface area contributed by atoms with E-state index in [2.05, 4.69) is 39.4 Å². The van der Waals surface area contributed by atoms with Crippen molar-refractivity contribution < 1.29 is 19.5 Å². The second-order valence-corrected chi connectivity index (χ2v) is 14.1. The van der Waals surface area contributed by atoms with Crippen LogP contribution in [0.1, 0.15) is 12.8 Å². The number of halogens is 1. The predicted molar refractivity (Wildman–Crippen MR) is 174 cm³/mol. The van der Waals surface area contributed by atoms with Gasteiger partial charge in [-0.15, -0.1) is 30.0 Å². The zero-order chi connectivity index (χ0) is 31.0. The predicted octanol–water partition coefficient (Wildman–Crippen LogP) is 3.47. The molecule has 3 unspecified atom stereocenters. The summed E-state index contributed by atoms with van der Waals surface area (Å²) in [6, 6.07) is 16.1. The van der Waals surface area contributed by atoms with E-state index in [9.17, 15) is 19.5 Å². The van der Waals surface area contributed by atoms with E-state index < -0.39 is 22.6 Å². The maximum absolute atomic E-state index is 14.7. The van der Waals surface area contributed by atoms with E-state index in [4.69, 9.17) is 0 Å². The molecule has 1 N–H and O–H groups in total. The molecule has 3 saturated heterocycles. The lowest BCUT2D eigenvalue weighted by Gasteiger charge is -2.38. The summed E-state index contributed by atoms with van der Waals surface area (Å²) < 4.78 is 0.857. The number of benzene rings is 2. The lowest BCUT2D eigenvalue weighted by Crippen LogP contribution is -2.56. The summed E-state index contributed by atoms with van der Waals surface area (Å²) in [5.74, 6) is -1.90. The van der Waals surface area contributed by atoms with Gasteiger partial charge in [-0.3, -0.25) is 14.4 Å². The van der Waals surface area contributed by atoms with Gasteiger partial charge in [0, 0.05) is 42.0 Å². The third-order valence-electron chi connectivity index (χ3n) is 8.90. The van der Waals surface area contributed by atoms with Gasteiger partial charge in [0.25, 0.3) is 0 Å². The number of likely N-dealkylation sites (tertiary alicyclic amines) is 1. The standard InChI is InChI=1S/C32H35BrN6O4S/c1-3-15-36(20-39-24-14-9-8-13-23(24)34-35-39)31(43)28-32-19-22(33)27(44-32)25(26(32)30(42)38(28)17-10-18-40)29(41)37(16-4-2)21-11-6-5-7-12-21/h3-9,11-14,22,25-28,40H,1-2,10,15-20H2/t22?,25-,26+,27-,28?,32?/m1/s1. The van der Waals surface area contributed by atoms with Gasteiger partial charge in [-0.2, -0.15) is 0 Å². The molecule has 0 saturated carbocycles. The van der Waals surface area contributed by atoms with E-state index >= 15 is 0 Å². The first-order chi connectivity index (χ1) is 21.4. The van der Waals surface area contributed by atoms with Crippen LogP contribution < -0.4 is 4.90 Å². The molecule has 230 valence electrons. The van der Waals surface area contributed by atoms with Crippen LogP contribution in [0.25, 0.3) is 11.0 Å². The summed E-state index contributed by atoms with van der Waals surface area (Å²) in [6.45, 7) is 8.51. The molecule has 12 heteroatoms.